The number of amides is 1. The highest BCUT2D eigenvalue weighted by Crippen LogP contribution is 2.11. The van der Waals surface area contributed by atoms with Crippen LogP contribution in [0.1, 0.15) is 5.56 Å². The van der Waals surface area contributed by atoms with Crippen LogP contribution in [0.4, 0.5) is 5.69 Å². The zero-order valence-corrected chi connectivity index (χ0v) is 12.2. The van der Waals surface area contributed by atoms with Gasteiger partial charge in [-0.05, 0) is 17.7 Å². The van der Waals surface area contributed by atoms with Crippen LogP contribution in [0, 0.1) is 0 Å². The lowest BCUT2D eigenvalue weighted by Gasteiger charge is -2.06. The topological polar surface area (TPSA) is 72.7 Å². The van der Waals surface area contributed by atoms with E-state index >= 15 is 0 Å². The molecule has 1 N–H and O–H groups in total. The van der Waals surface area contributed by atoms with Crippen molar-refractivity contribution in [2.45, 2.75) is 6.42 Å². The third-order valence-electron chi connectivity index (χ3n) is 2.94. The largest absolute Gasteiger partial charge is 0.323 e. The number of imidazole rings is 1. The van der Waals surface area contributed by atoms with Gasteiger partial charge >= 0.3 is 0 Å². The number of carbonyl (C=O) groups is 1. The molecule has 0 aliphatic carbocycles. The summed E-state index contributed by atoms with van der Waals surface area (Å²) in [5.74, 6) is 0.356. The summed E-state index contributed by atoms with van der Waals surface area (Å²) in [6.07, 6.45) is 8.37. The van der Waals surface area contributed by atoms with Crippen molar-refractivity contribution < 1.29 is 4.79 Å². The van der Waals surface area contributed by atoms with Crippen LogP contribution in [0.15, 0.2) is 55.4 Å². The normalized spacial score (nSPS) is 10.4. The first-order valence-corrected chi connectivity index (χ1v) is 6.93. The lowest BCUT2D eigenvalue weighted by atomic mass is 10.1. The minimum absolute atomic E-state index is 0.138. The zero-order chi connectivity index (χ0) is 15.4. The van der Waals surface area contributed by atoms with Gasteiger partial charge in [0.05, 0.1) is 24.5 Å². The molecule has 0 radical (unpaired) electrons. The Kier molecular flexibility index (Phi) is 4.11. The Morgan fingerprint density at radius 1 is 1.18 bits per heavy atom. The molecular weight excluding hydrogens is 302 g/mol. The zero-order valence-electron chi connectivity index (χ0n) is 11.5. The van der Waals surface area contributed by atoms with Crippen molar-refractivity contribution in [2.75, 3.05) is 5.32 Å². The maximum absolute atomic E-state index is 12.0. The summed E-state index contributed by atoms with van der Waals surface area (Å²) in [4.78, 5) is 24.2. The number of rotatable bonds is 4. The lowest BCUT2D eigenvalue weighted by Crippen LogP contribution is -2.15. The molecule has 3 rings (SSSR count). The van der Waals surface area contributed by atoms with Crippen LogP contribution in [-0.4, -0.2) is 25.4 Å². The molecule has 0 aliphatic rings. The Bertz CT molecular complexity index is 754. The number of nitrogens with one attached hydrogen (secondary N) is 1. The standard InChI is InChI=1S/C15H12ClN5O/c16-12-3-1-11(2-4-12)7-14(22)20-13-8-18-15(19-9-13)21-6-5-17-10-21/h1-6,8-10H,7H2,(H,20,22). The number of anilines is 1. The van der Waals surface area contributed by atoms with Gasteiger partial charge in [0.2, 0.25) is 11.9 Å². The van der Waals surface area contributed by atoms with Crippen LogP contribution < -0.4 is 5.32 Å². The van der Waals surface area contributed by atoms with E-state index in [2.05, 4.69) is 20.3 Å². The van der Waals surface area contributed by atoms with E-state index in [4.69, 9.17) is 11.6 Å². The van der Waals surface area contributed by atoms with Crippen LogP contribution >= 0.6 is 11.6 Å². The molecule has 1 amide bonds. The lowest BCUT2D eigenvalue weighted by molar-refractivity contribution is -0.115. The van der Waals surface area contributed by atoms with Gasteiger partial charge in [-0.1, -0.05) is 23.7 Å². The molecule has 110 valence electrons. The number of nitrogens with zero attached hydrogens (tertiary/aromatic N) is 4. The Hall–Kier alpha value is -2.73. The number of carbonyl (C=O) groups excluding carboxylic acids is 1. The third-order valence-corrected chi connectivity index (χ3v) is 3.19. The van der Waals surface area contributed by atoms with Gasteiger partial charge in [0.25, 0.3) is 0 Å². The molecule has 0 saturated heterocycles. The van der Waals surface area contributed by atoms with E-state index < -0.39 is 0 Å². The Morgan fingerprint density at radius 3 is 2.55 bits per heavy atom. The molecule has 6 nitrogen and oxygen atoms in total. The van der Waals surface area contributed by atoms with E-state index in [1.165, 1.54) is 0 Å². The molecule has 3 aromatic rings. The molecule has 2 aromatic heterocycles. The van der Waals surface area contributed by atoms with E-state index in [1.54, 1.807) is 47.8 Å². The molecule has 0 saturated carbocycles. The first-order valence-electron chi connectivity index (χ1n) is 6.55. The molecule has 22 heavy (non-hydrogen) atoms. The summed E-state index contributed by atoms with van der Waals surface area (Å²) in [6.45, 7) is 0. The highest BCUT2D eigenvalue weighted by Gasteiger charge is 2.06. The van der Waals surface area contributed by atoms with Gasteiger partial charge in [0.15, 0.2) is 0 Å². The van der Waals surface area contributed by atoms with E-state index in [-0.39, 0.29) is 12.3 Å². The van der Waals surface area contributed by atoms with Gasteiger partial charge in [0.1, 0.15) is 6.33 Å². The highest BCUT2D eigenvalue weighted by atomic mass is 35.5. The number of benzene rings is 1. The van der Waals surface area contributed by atoms with Crippen molar-refractivity contribution in [1.82, 2.24) is 19.5 Å². The Labute approximate surface area is 131 Å². The predicted octanol–water partition coefficient (Wildman–Crippen LogP) is 2.50. The maximum atomic E-state index is 12.0. The SMILES string of the molecule is O=C(Cc1ccc(Cl)cc1)Nc1cnc(-n2ccnc2)nc1. The molecule has 0 fully saturated rings. The number of hydrogen-bond donors (Lipinski definition) is 1. The van der Waals surface area contributed by atoms with Crippen LogP contribution in [0.5, 0.6) is 0 Å². The van der Waals surface area contributed by atoms with Gasteiger partial charge < -0.3 is 5.32 Å². The molecule has 1 aromatic carbocycles. The van der Waals surface area contributed by atoms with Gasteiger partial charge in [-0.25, -0.2) is 15.0 Å². The maximum Gasteiger partial charge on any atom is 0.234 e. The number of aromatic nitrogens is 4. The average Bonchev–Trinajstić information content (AvgIpc) is 3.05. The van der Waals surface area contributed by atoms with E-state index in [1.807, 2.05) is 12.1 Å². The van der Waals surface area contributed by atoms with Crippen LogP contribution in [0.3, 0.4) is 0 Å². The van der Waals surface area contributed by atoms with Gasteiger partial charge in [0, 0.05) is 17.4 Å². The van der Waals surface area contributed by atoms with Crippen LogP contribution in [-0.2, 0) is 11.2 Å². The Morgan fingerprint density at radius 2 is 1.91 bits per heavy atom. The minimum Gasteiger partial charge on any atom is -0.323 e. The van der Waals surface area contributed by atoms with Gasteiger partial charge in [-0.2, -0.15) is 0 Å². The van der Waals surface area contributed by atoms with Crippen molar-refractivity contribution in [3.63, 3.8) is 0 Å². The third kappa shape index (κ3) is 3.48. The van der Waals surface area contributed by atoms with Gasteiger partial charge in [-0.3, -0.25) is 9.36 Å². The number of hydrogen-bond acceptors (Lipinski definition) is 4. The molecule has 7 heteroatoms. The summed E-state index contributed by atoms with van der Waals surface area (Å²) in [7, 11) is 0. The van der Waals surface area contributed by atoms with E-state index in [9.17, 15) is 4.79 Å². The molecule has 0 spiro atoms. The van der Waals surface area contributed by atoms with E-state index in [0.717, 1.165) is 5.56 Å². The summed E-state index contributed by atoms with van der Waals surface area (Å²) in [5.41, 5.74) is 1.43. The summed E-state index contributed by atoms with van der Waals surface area (Å²) in [6, 6.07) is 7.15. The fraction of sp³-hybridized carbons (Fsp3) is 0.0667. The smallest absolute Gasteiger partial charge is 0.234 e. The van der Waals surface area contributed by atoms with E-state index in [0.29, 0.717) is 16.7 Å². The van der Waals surface area contributed by atoms with Crippen LogP contribution in [0.2, 0.25) is 5.02 Å². The average molecular weight is 314 g/mol. The summed E-state index contributed by atoms with van der Waals surface area (Å²) < 4.78 is 1.68. The summed E-state index contributed by atoms with van der Waals surface area (Å²) in [5, 5.41) is 3.40. The second-order valence-corrected chi connectivity index (χ2v) is 5.03. The van der Waals surface area contributed by atoms with Crippen molar-refractivity contribution in [3.05, 3.63) is 66.0 Å². The van der Waals surface area contributed by atoms with Crippen LogP contribution in [0.25, 0.3) is 5.95 Å². The monoisotopic (exact) mass is 313 g/mol. The molecule has 2 heterocycles. The highest BCUT2D eigenvalue weighted by molar-refractivity contribution is 6.30. The van der Waals surface area contributed by atoms with Crippen molar-refractivity contribution in [2.24, 2.45) is 0 Å². The molecular formula is C15H12ClN5O. The fourth-order valence-corrected chi connectivity index (χ4v) is 2.02. The second-order valence-electron chi connectivity index (χ2n) is 4.59. The second kappa shape index (κ2) is 6.36. The quantitative estimate of drug-likeness (QED) is 0.803. The molecule has 0 unspecified atom stereocenters. The molecule has 0 bridgehead atoms. The first-order chi connectivity index (χ1) is 10.7. The minimum atomic E-state index is -0.138. The fourth-order valence-electron chi connectivity index (χ4n) is 1.89. The first kappa shape index (κ1) is 14.2. The summed E-state index contributed by atoms with van der Waals surface area (Å²) >= 11 is 5.81. The van der Waals surface area contributed by atoms with Crippen molar-refractivity contribution in [3.8, 4) is 5.95 Å². The van der Waals surface area contributed by atoms with Crippen molar-refractivity contribution in [1.29, 1.82) is 0 Å². The van der Waals surface area contributed by atoms with Gasteiger partial charge in [-0.15, -0.1) is 0 Å². The van der Waals surface area contributed by atoms with Crippen molar-refractivity contribution >= 4 is 23.2 Å². The predicted molar refractivity (Wildman–Crippen MR) is 82.9 cm³/mol. The Balaban J connectivity index is 1.63. The number of halogens is 1. The molecule has 0 aliphatic heterocycles. The molecule has 0 atom stereocenters.